The molecule has 0 saturated carbocycles. The number of aromatic nitrogens is 2. The van der Waals surface area contributed by atoms with Crippen molar-refractivity contribution < 1.29 is 0 Å². The SMILES string of the molecule is Cl.c1ccc2c(c1)CC(Nc1ncc(C3CCNCC3)cn1)C2. The maximum absolute atomic E-state index is 4.54. The Morgan fingerprint density at radius 2 is 1.57 bits per heavy atom. The van der Waals surface area contributed by atoms with Crippen LogP contribution in [0.1, 0.15) is 35.4 Å². The molecule has 4 nitrogen and oxygen atoms in total. The lowest BCUT2D eigenvalue weighted by molar-refractivity contribution is 0.459. The molecule has 4 rings (SSSR count). The van der Waals surface area contributed by atoms with Crippen molar-refractivity contribution in [2.75, 3.05) is 18.4 Å². The molecular weight excluding hydrogens is 308 g/mol. The molecule has 23 heavy (non-hydrogen) atoms. The van der Waals surface area contributed by atoms with Gasteiger partial charge >= 0.3 is 0 Å². The molecule has 0 unspecified atom stereocenters. The van der Waals surface area contributed by atoms with Crippen LogP contribution in [-0.2, 0) is 12.8 Å². The molecule has 2 N–H and O–H groups in total. The Morgan fingerprint density at radius 1 is 0.957 bits per heavy atom. The van der Waals surface area contributed by atoms with E-state index in [2.05, 4.69) is 44.9 Å². The largest absolute Gasteiger partial charge is 0.351 e. The average molecular weight is 331 g/mol. The van der Waals surface area contributed by atoms with Crippen molar-refractivity contribution in [3.63, 3.8) is 0 Å². The number of anilines is 1. The van der Waals surface area contributed by atoms with Crippen molar-refractivity contribution in [3.05, 3.63) is 53.3 Å². The highest BCUT2D eigenvalue weighted by Gasteiger charge is 2.21. The Morgan fingerprint density at radius 3 is 2.17 bits per heavy atom. The minimum absolute atomic E-state index is 0. The zero-order valence-electron chi connectivity index (χ0n) is 13.2. The van der Waals surface area contributed by atoms with Crippen molar-refractivity contribution in [2.24, 2.45) is 0 Å². The van der Waals surface area contributed by atoms with Crippen molar-refractivity contribution in [1.82, 2.24) is 15.3 Å². The summed E-state index contributed by atoms with van der Waals surface area (Å²) in [5, 5.41) is 6.88. The predicted octanol–water partition coefficient (Wildman–Crippen LogP) is 2.94. The molecule has 0 radical (unpaired) electrons. The van der Waals surface area contributed by atoms with Crippen molar-refractivity contribution in [1.29, 1.82) is 0 Å². The highest BCUT2D eigenvalue weighted by atomic mass is 35.5. The lowest BCUT2D eigenvalue weighted by atomic mass is 9.92. The second-order valence-corrected chi connectivity index (χ2v) is 6.38. The van der Waals surface area contributed by atoms with E-state index in [1.54, 1.807) is 0 Å². The fourth-order valence-corrected chi connectivity index (χ4v) is 3.62. The van der Waals surface area contributed by atoms with Gasteiger partial charge in [-0.15, -0.1) is 12.4 Å². The first-order valence-corrected chi connectivity index (χ1v) is 8.24. The topological polar surface area (TPSA) is 49.8 Å². The first kappa shape index (κ1) is 16.2. The van der Waals surface area contributed by atoms with E-state index in [1.165, 1.54) is 29.5 Å². The van der Waals surface area contributed by atoms with E-state index in [4.69, 9.17) is 0 Å². The second-order valence-electron chi connectivity index (χ2n) is 6.38. The highest BCUT2D eigenvalue weighted by Crippen LogP contribution is 2.26. The number of rotatable bonds is 3. The second kappa shape index (κ2) is 7.28. The maximum Gasteiger partial charge on any atom is 0.222 e. The standard InChI is InChI=1S/C18H22N4.ClH/c1-2-4-15-10-17(9-14(15)3-1)22-18-20-11-16(12-21-18)13-5-7-19-8-6-13;/h1-4,11-13,17,19H,5-10H2,(H,20,21,22);1H. The normalized spacial score (nSPS) is 18.3. The van der Waals surface area contributed by atoms with E-state index in [0.717, 1.165) is 31.9 Å². The molecule has 122 valence electrons. The smallest absolute Gasteiger partial charge is 0.222 e. The van der Waals surface area contributed by atoms with Gasteiger partial charge in [-0.25, -0.2) is 9.97 Å². The molecule has 0 atom stereocenters. The average Bonchev–Trinajstić information content (AvgIpc) is 2.98. The molecule has 1 aliphatic carbocycles. The molecule has 2 aliphatic rings. The van der Waals surface area contributed by atoms with Gasteiger partial charge in [0.1, 0.15) is 0 Å². The number of nitrogens with one attached hydrogen (secondary N) is 2. The number of halogens is 1. The van der Waals surface area contributed by atoms with Crippen molar-refractivity contribution >= 4 is 18.4 Å². The Bertz CT molecular complexity index is 613. The van der Waals surface area contributed by atoms with E-state index in [9.17, 15) is 0 Å². The van der Waals surface area contributed by atoms with Gasteiger partial charge in [-0.3, -0.25) is 0 Å². The van der Waals surface area contributed by atoms with Crippen LogP contribution in [0, 0.1) is 0 Å². The summed E-state index contributed by atoms with van der Waals surface area (Å²) in [5.74, 6) is 1.38. The Kier molecular flexibility index (Phi) is 5.13. The maximum atomic E-state index is 4.54. The summed E-state index contributed by atoms with van der Waals surface area (Å²) in [6.45, 7) is 2.20. The summed E-state index contributed by atoms with van der Waals surface area (Å²) in [5.41, 5.74) is 4.18. The van der Waals surface area contributed by atoms with E-state index in [-0.39, 0.29) is 12.4 Å². The third-order valence-corrected chi connectivity index (χ3v) is 4.87. The first-order chi connectivity index (χ1) is 10.9. The summed E-state index contributed by atoms with van der Waals surface area (Å²) in [4.78, 5) is 9.08. The van der Waals surface area contributed by atoms with Crippen LogP contribution in [-0.4, -0.2) is 29.1 Å². The van der Waals surface area contributed by atoms with Gasteiger partial charge in [-0.1, -0.05) is 24.3 Å². The monoisotopic (exact) mass is 330 g/mol. The molecule has 1 aliphatic heterocycles. The molecule has 0 spiro atoms. The summed E-state index contributed by atoms with van der Waals surface area (Å²) in [7, 11) is 0. The number of benzene rings is 1. The third-order valence-electron chi connectivity index (χ3n) is 4.87. The third kappa shape index (κ3) is 3.65. The summed E-state index contributed by atoms with van der Waals surface area (Å²) in [6, 6.07) is 9.09. The quantitative estimate of drug-likeness (QED) is 0.908. The van der Waals surface area contributed by atoms with Crippen LogP contribution in [0.15, 0.2) is 36.7 Å². The zero-order valence-corrected chi connectivity index (χ0v) is 14.0. The molecule has 1 aromatic carbocycles. The number of nitrogens with zero attached hydrogens (tertiary/aromatic N) is 2. The minimum atomic E-state index is 0. The molecule has 1 aromatic heterocycles. The molecule has 2 aromatic rings. The van der Waals surface area contributed by atoms with Crippen LogP contribution in [0.2, 0.25) is 0 Å². The van der Waals surface area contributed by atoms with Crippen molar-refractivity contribution in [2.45, 2.75) is 37.6 Å². The Labute approximate surface area is 143 Å². The minimum Gasteiger partial charge on any atom is -0.351 e. The van der Waals surface area contributed by atoms with Gasteiger partial charge < -0.3 is 10.6 Å². The van der Waals surface area contributed by atoms with Gasteiger partial charge in [0.05, 0.1) is 0 Å². The number of piperidine rings is 1. The van der Waals surface area contributed by atoms with Gasteiger partial charge in [0.15, 0.2) is 0 Å². The summed E-state index contributed by atoms with van der Waals surface area (Å²) >= 11 is 0. The van der Waals surface area contributed by atoms with E-state index in [1.807, 2.05) is 12.4 Å². The van der Waals surface area contributed by atoms with Crippen molar-refractivity contribution in [3.8, 4) is 0 Å². The Hall–Kier alpha value is -1.65. The van der Waals surface area contributed by atoms with Gasteiger partial charge in [-0.2, -0.15) is 0 Å². The Balaban J connectivity index is 0.00000156. The van der Waals surface area contributed by atoms with Crippen LogP contribution in [0.3, 0.4) is 0 Å². The first-order valence-electron chi connectivity index (χ1n) is 8.24. The number of hydrogen-bond acceptors (Lipinski definition) is 4. The molecule has 5 heteroatoms. The van der Waals surface area contributed by atoms with Crippen LogP contribution >= 0.6 is 12.4 Å². The molecular formula is C18H23ClN4. The fourth-order valence-electron chi connectivity index (χ4n) is 3.62. The molecule has 1 fully saturated rings. The molecule has 0 bridgehead atoms. The number of hydrogen-bond donors (Lipinski definition) is 2. The van der Waals surface area contributed by atoms with Crippen LogP contribution in [0.25, 0.3) is 0 Å². The highest BCUT2D eigenvalue weighted by molar-refractivity contribution is 5.85. The lowest BCUT2D eigenvalue weighted by Crippen LogP contribution is -2.27. The molecule has 1 saturated heterocycles. The number of fused-ring (bicyclic) bond motifs is 1. The molecule has 0 amide bonds. The lowest BCUT2D eigenvalue weighted by Gasteiger charge is -2.22. The van der Waals surface area contributed by atoms with Crippen LogP contribution < -0.4 is 10.6 Å². The predicted molar refractivity (Wildman–Crippen MR) is 95.4 cm³/mol. The van der Waals surface area contributed by atoms with Crippen LogP contribution in [0.4, 0.5) is 5.95 Å². The summed E-state index contributed by atoms with van der Waals surface area (Å²) < 4.78 is 0. The fraction of sp³-hybridized carbons (Fsp3) is 0.444. The van der Waals surface area contributed by atoms with Crippen LogP contribution in [0.5, 0.6) is 0 Å². The summed E-state index contributed by atoms with van der Waals surface area (Å²) in [6.07, 6.45) is 8.52. The van der Waals surface area contributed by atoms with Gasteiger partial charge in [0.25, 0.3) is 0 Å². The van der Waals surface area contributed by atoms with E-state index in [0.29, 0.717) is 12.0 Å². The van der Waals surface area contributed by atoms with Gasteiger partial charge in [0.2, 0.25) is 5.95 Å². The van der Waals surface area contributed by atoms with E-state index >= 15 is 0 Å². The van der Waals surface area contributed by atoms with Gasteiger partial charge in [-0.05, 0) is 61.4 Å². The molecule has 2 heterocycles. The zero-order chi connectivity index (χ0) is 14.8. The van der Waals surface area contributed by atoms with Gasteiger partial charge in [0, 0.05) is 18.4 Å². The van der Waals surface area contributed by atoms with E-state index < -0.39 is 0 Å².